The second kappa shape index (κ2) is 3.77. The number of allylic oxidation sites excluding steroid dienone is 1. The van der Waals surface area contributed by atoms with Gasteiger partial charge in [-0.2, -0.15) is 0 Å². The molecule has 11 heavy (non-hydrogen) atoms. The first-order chi connectivity index (χ1) is 5.18. The Labute approximate surface area is 68.3 Å². The van der Waals surface area contributed by atoms with Gasteiger partial charge in [-0.1, -0.05) is 6.58 Å². The lowest BCUT2D eigenvalue weighted by molar-refractivity contribution is 0.118. The topological polar surface area (TPSA) is 32.3 Å². The number of nitrogens with one attached hydrogen (secondary N) is 1. The van der Waals surface area contributed by atoms with Crippen molar-refractivity contribution in [2.45, 2.75) is 44.8 Å². The molecule has 2 heteroatoms. The Hall–Kier alpha value is -0.500. The minimum absolute atomic E-state index is 0.0572. The molecule has 1 aliphatic rings. The van der Waals surface area contributed by atoms with Crippen LogP contribution in [0.2, 0.25) is 0 Å². The highest BCUT2D eigenvalue weighted by Crippen LogP contribution is 2.18. The van der Waals surface area contributed by atoms with E-state index >= 15 is 0 Å². The third-order valence-corrected chi connectivity index (χ3v) is 2.15. The van der Waals surface area contributed by atoms with E-state index in [1.165, 1.54) is 0 Å². The fourth-order valence-electron chi connectivity index (χ4n) is 1.57. The van der Waals surface area contributed by atoms with Gasteiger partial charge in [0.25, 0.3) is 0 Å². The van der Waals surface area contributed by atoms with Crippen LogP contribution in [0.1, 0.15) is 32.6 Å². The van der Waals surface area contributed by atoms with Crippen molar-refractivity contribution >= 4 is 0 Å². The fraction of sp³-hybridized carbons (Fsp3) is 0.778. The van der Waals surface area contributed by atoms with Gasteiger partial charge in [0, 0.05) is 11.7 Å². The second-order valence-electron chi connectivity index (χ2n) is 3.43. The molecule has 1 saturated carbocycles. The highest BCUT2D eigenvalue weighted by molar-refractivity contribution is 4.90. The molecule has 0 heterocycles. The Kier molecular flexibility index (Phi) is 2.94. The van der Waals surface area contributed by atoms with Crippen LogP contribution in [-0.4, -0.2) is 17.3 Å². The van der Waals surface area contributed by atoms with E-state index < -0.39 is 0 Å². The molecule has 0 amide bonds. The van der Waals surface area contributed by atoms with Gasteiger partial charge in [0.2, 0.25) is 0 Å². The average Bonchev–Trinajstić information content (AvgIpc) is 1.93. The molecule has 0 aromatic carbocycles. The molecule has 0 aromatic rings. The zero-order chi connectivity index (χ0) is 8.27. The minimum Gasteiger partial charge on any atom is -0.393 e. The predicted octanol–water partition coefficient (Wildman–Crippen LogP) is 1.41. The van der Waals surface area contributed by atoms with Gasteiger partial charge < -0.3 is 10.4 Å². The smallest absolute Gasteiger partial charge is 0.0541 e. The van der Waals surface area contributed by atoms with Crippen molar-refractivity contribution in [2.75, 3.05) is 0 Å². The third kappa shape index (κ3) is 2.93. The molecule has 0 radical (unpaired) electrons. The monoisotopic (exact) mass is 155 g/mol. The summed E-state index contributed by atoms with van der Waals surface area (Å²) in [4.78, 5) is 0. The van der Waals surface area contributed by atoms with Crippen LogP contribution in [0.5, 0.6) is 0 Å². The van der Waals surface area contributed by atoms with Crippen LogP contribution in [0.3, 0.4) is 0 Å². The molecular formula is C9H17NO. The molecule has 1 rings (SSSR count). The zero-order valence-corrected chi connectivity index (χ0v) is 7.14. The molecule has 0 atom stereocenters. The first-order valence-electron chi connectivity index (χ1n) is 4.28. The number of hydrogen-bond donors (Lipinski definition) is 2. The van der Waals surface area contributed by atoms with Crippen LogP contribution in [0.15, 0.2) is 12.3 Å². The van der Waals surface area contributed by atoms with Gasteiger partial charge in [0.05, 0.1) is 6.10 Å². The largest absolute Gasteiger partial charge is 0.393 e. The fourth-order valence-corrected chi connectivity index (χ4v) is 1.57. The molecule has 2 nitrogen and oxygen atoms in total. The van der Waals surface area contributed by atoms with Gasteiger partial charge >= 0.3 is 0 Å². The van der Waals surface area contributed by atoms with E-state index in [1.807, 2.05) is 6.92 Å². The molecular weight excluding hydrogens is 138 g/mol. The first kappa shape index (κ1) is 8.60. The quantitative estimate of drug-likeness (QED) is 0.632. The van der Waals surface area contributed by atoms with Gasteiger partial charge in [-0.25, -0.2) is 0 Å². The Morgan fingerprint density at radius 3 is 2.36 bits per heavy atom. The molecule has 0 bridgehead atoms. The number of aliphatic hydroxyl groups is 1. The summed E-state index contributed by atoms with van der Waals surface area (Å²) in [6.45, 7) is 5.77. The van der Waals surface area contributed by atoms with E-state index in [-0.39, 0.29) is 6.10 Å². The van der Waals surface area contributed by atoms with E-state index in [1.54, 1.807) is 0 Å². The van der Waals surface area contributed by atoms with Gasteiger partial charge in [-0.15, -0.1) is 0 Å². The molecule has 0 aliphatic heterocycles. The highest BCUT2D eigenvalue weighted by Gasteiger charge is 2.18. The zero-order valence-electron chi connectivity index (χ0n) is 7.14. The number of hydrogen-bond acceptors (Lipinski definition) is 2. The highest BCUT2D eigenvalue weighted by atomic mass is 16.3. The summed E-state index contributed by atoms with van der Waals surface area (Å²) in [6, 6.07) is 0.552. The molecule has 1 aliphatic carbocycles. The standard InChI is InChI=1S/C9H17NO/c1-7(2)10-8-3-5-9(11)6-4-8/h8-11H,1,3-6H2,2H3/t8-,9-. The maximum atomic E-state index is 9.21. The Morgan fingerprint density at radius 1 is 1.36 bits per heavy atom. The van der Waals surface area contributed by atoms with Crippen molar-refractivity contribution < 1.29 is 5.11 Å². The van der Waals surface area contributed by atoms with E-state index in [9.17, 15) is 5.11 Å². The van der Waals surface area contributed by atoms with Crippen LogP contribution < -0.4 is 5.32 Å². The average molecular weight is 155 g/mol. The van der Waals surface area contributed by atoms with Gasteiger partial charge in [0.15, 0.2) is 0 Å². The lowest BCUT2D eigenvalue weighted by atomic mass is 9.93. The predicted molar refractivity (Wildman–Crippen MR) is 46.2 cm³/mol. The third-order valence-electron chi connectivity index (χ3n) is 2.15. The maximum absolute atomic E-state index is 9.21. The van der Waals surface area contributed by atoms with Crippen LogP contribution in [0, 0.1) is 0 Å². The van der Waals surface area contributed by atoms with E-state index in [0.717, 1.165) is 31.4 Å². The first-order valence-corrected chi connectivity index (χ1v) is 4.28. The molecule has 1 fully saturated rings. The maximum Gasteiger partial charge on any atom is 0.0541 e. The summed E-state index contributed by atoms with van der Waals surface area (Å²) in [7, 11) is 0. The lowest BCUT2D eigenvalue weighted by Crippen LogP contribution is -2.33. The molecule has 2 N–H and O–H groups in total. The van der Waals surface area contributed by atoms with Crippen molar-refractivity contribution in [1.29, 1.82) is 0 Å². The van der Waals surface area contributed by atoms with E-state index in [2.05, 4.69) is 11.9 Å². The Morgan fingerprint density at radius 2 is 1.91 bits per heavy atom. The summed E-state index contributed by atoms with van der Waals surface area (Å²) in [5.41, 5.74) is 1.03. The molecule has 64 valence electrons. The normalized spacial score (nSPS) is 31.5. The summed E-state index contributed by atoms with van der Waals surface area (Å²) in [5.74, 6) is 0. The van der Waals surface area contributed by atoms with Crippen molar-refractivity contribution in [3.05, 3.63) is 12.3 Å². The summed E-state index contributed by atoms with van der Waals surface area (Å²) in [5, 5.41) is 12.5. The van der Waals surface area contributed by atoms with Gasteiger partial charge in [-0.05, 0) is 32.6 Å². The molecule has 0 unspecified atom stereocenters. The molecule has 0 aromatic heterocycles. The molecule has 0 spiro atoms. The van der Waals surface area contributed by atoms with Crippen LogP contribution in [0.4, 0.5) is 0 Å². The number of rotatable bonds is 2. The Balaban J connectivity index is 2.22. The summed E-state index contributed by atoms with van der Waals surface area (Å²) >= 11 is 0. The van der Waals surface area contributed by atoms with E-state index in [0.29, 0.717) is 6.04 Å². The lowest BCUT2D eigenvalue weighted by Gasteiger charge is -2.26. The van der Waals surface area contributed by atoms with Crippen LogP contribution in [-0.2, 0) is 0 Å². The van der Waals surface area contributed by atoms with Crippen molar-refractivity contribution in [2.24, 2.45) is 0 Å². The molecule has 0 saturated heterocycles. The van der Waals surface area contributed by atoms with Crippen LogP contribution in [0.25, 0.3) is 0 Å². The Bertz CT molecular complexity index is 136. The second-order valence-corrected chi connectivity index (χ2v) is 3.43. The SMILES string of the molecule is C=C(C)N[C@H]1CC[C@H](O)CC1. The van der Waals surface area contributed by atoms with Crippen molar-refractivity contribution in [3.8, 4) is 0 Å². The van der Waals surface area contributed by atoms with Gasteiger partial charge in [0.1, 0.15) is 0 Å². The van der Waals surface area contributed by atoms with Crippen molar-refractivity contribution in [1.82, 2.24) is 5.32 Å². The van der Waals surface area contributed by atoms with Crippen LogP contribution >= 0.6 is 0 Å². The summed E-state index contributed by atoms with van der Waals surface area (Å²) < 4.78 is 0. The van der Waals surface area contributed by atoms with Gasteiger partial charge in [-0.3, -0.25) is 0 Å². The van der Waals surface area contributed by atoms with E-state index in [4.69, 9.17) is 0 Å². The van der Waals surface area contributed by atoms with Crippen molar-refractivity contribution in [3.63, 3.8) is 0 Å². The minimum atomic E-state index is -0.0572. The number of aliphatic hydroxyl groups excluding tert-OH is 1. The summed E-state index contributed by atoms with van der Waals surface area (Å²) in [6.07, 6.45) is 3.97.